The van der Waals surface area contributed by atoms with Crippen molar-refractivity contribution in [2.75, 3.05) is 26.7 Å². The van der Waals surface area contributed by atoms with Crippen LogP contribution in [0.4, 0.5) is 0 Å². The third-order valence-electron chi connectivity index (χ3n) is 5.84. The molecule has 0 radical (unpaired) electrons. The monoisotopic (exact) mass is 352 g/mol. The van der Waals surface area contributed by atoms with Crippen LogP contribution in [0.25, 0.3) is 5.69 Å². The number of likely N-dealkylation sites (tertiary alicyclic amines) is 1. The van der Waals surface area contributed by atoms with Gasteiger partial charge in [-0.15, -0.1) is 0 Å². The number of carbonyl (C=O) groups excluding carboxylic acids is 1. The summed E-state index contributed by atoms with van der Waals surface area (Å²) in [7, 11) is 2.00. The number of amides is 1. The van der Waals surface area contributed by atoms with Gasteiger partial charge in [-0.2, -0.15) is 5.10 Å². The number of piperidine rings is 1. The summed E-state index contributed by atoms with van der Waals surface area (Å²) in [5.41, 5.74) is 4.14. The fourth-order valence-corrected chi connectivity index (χ4v) is 4.31. The van der Waals surface area contributed by atoms with Crippen LogP contribution >= 0.6 is 0 Å². The Kier molecular flexibility index (Phi) is 5.07. The van der Waals surface area contributed by atoms with Gasteiger partial charge in [-0.05, 0) is 70.2 Å². The highest BCUT2D eigenvalue weighted by atomic mass is 16.2. The molecule has 5 nitrogen and oxygen atoms in total. The van der Waals surface area contributed by atoms with E-state index in [4.69, 9.17) is 5.10 Å². The number of para-hydroxylation sites is 1. The summed E-state index contributed by atoms with van der Waals surface area (Å²) in [5.74, 6) is 0.865. The van der Waals surface area contributed by atoms with E-state index in [-0.39, 0.29) is 5.91 Å². The molecule has 1 fully saturated rings. The van der Waals surface area contributed by atoms with E-state index in [1.54, 1.807) is 0 Å². The van der Waals surface area contributed by atoms with Crippen molar-refractivity contribution in [3.63, 3.8) is 0 Å². The number of fused-ring (bicyclic) bond motifs is 1. The highest BCUT2D eigenvalue weighted by Crippen LogP contribution is 2.29. The molecule has 1 aromatic carbocycles. The largest absolute Gasteiger partial charge is 0.337 e. The predicted molar refractivity (Wildman–Crippen MR) is 103 cm³/mol. The van der Waals surface area contributed by atoms with Crippen LogP contribution in [0, 0.1) is 5.92 Å². The van der Waals surface area contributed by atoms with Crippen molar-refractivity contribution in [1.29, 1.82) is 0 Å². The standard InChI is InChI=1S/C21H28N4O/c1-22-13-10-16-11-14-24(15-12-16)21(26)20-18-8-5-9-19(18)25(23-20)17-6-3-2-4-7-17/h2-4,6-7,16,22H,5,8-15H2,1H3. The minimum Gasteiger partial charge on any atom is -0.337 e. The lowest BCUT2D eigenvalue weighted by Crippen LogP contribution is -2.39. The molecule has 2 heterocycles. The minimum absolute atomic E-state index is 0.130. The summed E-state index contributed by atoms with van der Waals surface area (Å²) in [6.07, 6.45) is 6.52. The van der Waals surface area contributed by atoms with Crippen molar-refractivity contribution in [3.05, 3.63) is 47.3 Å². The Morgan fingerprint density at radius 3 is 2.69 bits per heavy atom. The van der Waals surface area contributed by atoms with E-state index in [1.165, 1.54) is 17.7 Å². The molecular weight excluding hydrogens is 324 g/mol. The molecule has 1 N–H and O–H groups in total. The number of nitrogens with zero attached hydrogens (tertiary/aromatic N) is 3. The fraction of sp³-hybridized carbons (Fsp3) is 0.524. The molecule has 1 saturated heterocycles. The Balaban J connectivity index is 1.53. The van der Waals surface area contributed by atoms with Gasteiger partial charge in [0.15, 0.2) is 5.69 Å². The summed E-state index contributed by atoms with van der Waals surface area (Å²) < 4.78 is 2.00. The molecule has 0 bridgehead atoms. The number of hydrogen-bond acceptors (Lipinski definition) is 3. The van der Waals surface area contributed by atoms with Gasteiger partial charge in [-0.3, -0.25) is 4.79 Å². The zero-order chi connectivity index (χ0) is 17.9. The van der Waals surface area contributed by atoms with Gasteiger partial charge >= 0.3 is 0 Å². The fourth-order valence-electron chi connectivity index (χ4n) is 4.31. The van der Waals surface area contributed by atoms with Crippen LogP contribution in [0.3, 0.4) is 0 Å². The van der Waals surface area contributed by atoms with Gasteiger partial charge in [-0.25, -0.2) is 4.68 Å². The van der Waals surface area contributed by atoms with Crippen LogP contribution in [0.2, 0.25) is 0 Å². The third-order valence-corrected chi connectivity index (χ3v) is 5.84. The van der Waals surface area contributed by atoms with E-state index >= 15 is 0 Å². The molecule has 1 amide bonds. The van der Waals surface area contributed by atoms with Gasteiger partial charge in [0.25, 0.3) is 5.91 Å². The molecule has 2 aromatic rings. The zero-order valence-corrected chi connectivity index (χ0v) is 15.6. The summed E-state index contributed by atoms with van der Waals surface area (Å²) in [4.78, 5) is 15.2. The van der Waals surface area contributed by atoms with E-state index in [9.17, 15) is 4.79 Å². The van der Waals surface area contributed by atoms with Crippen LogP contribution in [-0.2, 0) is 12.8 Å². The molecule has 0 unspecified atom stereocenters. The predicted octanol–water partition coefficient (Wildman–Crippen LogP) is 2.82. The van der Waals surface area contributed by atoms with E-state index in [2.05, 4.69) is 17.4 Å². The van der Waals surface area contributed by atoms with Gasteiger partial charge < -0.3 is 10.2 Å². The van der Waals surface area contributed by atoms with E-state index in [0.29, 0.717) is 5.69 Å². The Hall–Kier alpha value is -2.14. The number of aromatic nitrogens is 2. The van der Waals surface area contributed by atoms with Crippen molar-refractivity contribution < 1.29 is 4.79 Å². The van der Waals surface area contributed by atoms with Crippen LogP contribution < -0.4 is 5.32 Å². The van der Waals surface area contributed by atoms with Crippen molar-refractivity contribution in [2.45, 2.75) is 38.5 Å². The minimum atomic E-state index is 0.130. The molecule has 0 spiro atoms. The molecule has 1 aliphatic heterocycles. The Morgan fingerprint density at radius 1 is 1.19 bits per heavy atom. The van der Waals surface area contributed by atoms with Crippen molar-refractivity contribution >= 4 is 5.91 Å². The van der Waals surface area contributed by atoms with Gasteiger partial charge in [-0.1, -0.05) is 18.2 Å². The number of rotatable bonds is 5. The molecule has 0 atom stereocenters. The van der Waals surface area contributed by atoms with Gasteiger partial charge in [0.1, 0.15) is 0 Å². The average molecular weight is 352 g/mol. The van der Waals surface area contributed by atoms with Crippen molar-refractivity contribution in [3.8, 4) is 5.69 Å². The van der Waals surface area contributed by atoms with Crippen molar-refractivity contribution in [2.24, 2.45) is 5.92 Å². The van der Waals surface area contributed by atoms with Gasteiger partial charge in [0, 0.05) is 24.3 Å². The number of benzene rings is 1. The lowest BCUT2D eigenvalue weighted by molar-refractivity contribution is 0.0679. The van der Waals surface area contributed by atoms with Crippen LogP contribution in [0.15, 0.2) is 30.3 Å². The molecule has 26 heavy (non-hydrogen) atoms. The maximum atomic E-state index is 13.2. The van der Waals surface area contributed by atoms with Crippen molar-refractivity contribution in [1.82, 2.24) is 20.0 Å². The topological polar surface area (TPSA) is 50.2 Å². The summed E-state index contributed by atoms with van der Waals surface area (Å²) in [5, 5.41) is 7.99. The summed E-state index contributed by atoms with van der Waals surface area (Å²) >= 11 is 0. The normalized spacial score (nSPS) is 17.5. The highest BCUT2D eigenvalue weighted by molar-refractivity contribution is 5.94. The van der Waals surface area contributed by atoms with E-state index in [1.807, 2.05) is 34.8 Å². The second kappa shape index (κ2) is 7.62. The van der Waals surface area contributed by atoms with Gasteiger partial charge in [0.2, 0.25) is 0 Å². The average Bonchev–Trinajstić information content (AvgIpc) is 3.29. The van der Waals surface area contributed by atoms with Gasteiger partial charge in [0.05, 0.1) is 5.69 Å². The van der Waals surface area contributed by atoms with Crippen LogP contribution in [-0.4, -0.2) is 47.3 Å². The first-order valence-corrected chi connectivity index (χ1v) is 9.88. The molecule has 5 heteroatoms. The summed E-state index contributed by atoms with van der Waals surface area (Å²) in [6.45, 7) is 2.79. The quantitative estimate of drug-likeness (QED) is 0.900. The second-order valence-electron chi connectivity index (χ2n) is 7.50. The SMILES string of the molecule is CNCCC1CCN(C(=O)c2nn(-c3ccccc3)c3c2CCC3)CC1. The Labute approximate surface area is 155 Å². The maximum absolute atomic E-state index is 13.2. The number of nitrogens with one attached hydrogen (secondary N) is 1. The number of carbonyl (C=O) groups is 1. The molecule has 2 aliphatic rings. The van der Waals surface area contributed by atoms with Crippen LogP contribution in [0.1, 0.15) is 47.4 Å². The first-order chi connectivity index (χ1) is 12.8. The van der Waals surface area contributed by atoms with E-state index in [0.717, 1.165) is 63.3 Å². The molecule has 138 valence electrons. The van der Waals surface area contributed by atoms with E-state index < -0.39 is 0 Å². The maximum Gasteiger partial charge on any atom is 0.274 e. The zero-order valence-electron chi connectivity index (χ0n) is 15.6. The second-order valence-corrected chi connectivity index (χ2v) is 7.50. The number of hydrogen-bond donors (Lipinski definition) is 1. The first kappa shape index (κ1) is 17.3. The lowest BCUT2D eigenvalue weighted by atomic mass is 9.93. The van der Waals surface area contributed by atoms with Crippen LogP contribution in [0.5, 0.6) is 0 Å². The Bertz CT molecular complexity index is 760. The molecule has 4 rings (SSSR count). The molecule has 1 aromatic heterocycles. The summed E-state index contributed by atoms with van der Waals surface area (Å²) in [6, 6.07) is 10.2. The highest BCUT2D eigenvalue weighted by Gasteiger charge is 2.31. The lowest BCUT2D eigenvalue weighted by Gasteiger charge is -2.31. The molecular formula is C21H28N4O. The molecule has 1 aliphatic carbocycles. The first-order valence-electron chi connectivity index (χ1n) is 9.88. The smallest absolute Gasteiger partial charge is 0.274 e. The molecule has 0 saturated carbocycles. The Morgan fingerprint density at radius 2 is 1.96 bits per heavy atom. The third kappa shape index (κ3) is 3.28.